The summed E-state index contributed by atoms with van der Waals surface area (Å²) in [4.78, 5) is 4.51. The molecular formula is C13H24F3NO. The third kappa shape index (κ3) is 5.14. The van der Waals surface area contributed by atoms with Crippen LogP contribution in [0.15, 0.2) is 0 Å². The Morgan fingerprint density at radius 1 is 1.11 bits per heavy atom. The van der Waals surface area contributed by atoms with Crippen LogP contribution in [0.1, 0.15) is 52.9 Å². The van der Waals surface area contributed by atoms with Gasteiger partial charge in [0, 0.05) is 6.04 Å². The lowest BCUT2D eigenvalue weighted by atomic mass is 9.69. The number of hydrogen-bond acceptors (Lipinski definition) is 2. The quantitative estimate of drug-likeness (QED) is 0.758. The van der Waals surface area contributed by atoms with Crippen molar-refractivity contribution in [1.29, 1.82) is 0 Å². The van der Waals surface area contributed by atoms with Gasteiger partial charge in [-0.2, -0.15) is 18.7 Å². The lowest BCUT2D eigenvalue weighted by Crippen LogP contribution is -2.38. The summed E-state index contributed by atoms with van der Waals surface area (Å²) in [7, 11) is 0. The van der Waals surface area contributed by atoms with Gasteiger partial charge in [-0.1, -0.05) is 27.2 Å². The highest BCUT2D eigenvalue weighted by atomic mass is 19.4. The fraction of sp³-hybridized carbons (Fsp3) is 1.00. The summed E-state index contributed by atoms with van der Waals surface area (Å²) < 4.78 is 35.7. The molecule has 5 heteroatoms. The lowest BCUT2D eigenvalue weighted by molar-refractivity contribution is -0.194. The first-order chi connectivity index (χ1) is 8.24. The predicted octanol–water partition coefficient (Wildman–Crippen LogP) is 4.06. The lowest BCUT2D eigenvalue weighted by Gasteiger charge is -2.38. The van der Waals surface area contributed by atoms with E-state index < -0.39 is 12.8 Å². The molecule has 0 radical (unpaired) electrons. The molecule has 0 heterocycles. The maximum absolute atomic E-state index is 11.9. The zero-order chi connectivity index (χ0) is 13.8. The molecule has 2 nitrogen and oxygen atoms in total. The van der Waals surface area contributed by atoms with E-state index in [-0.39, 0.29) is 6.04 Å². The van der Waals surface area contributed by atoms with Crippen molar-refractivity contribution in [1.82, 2.24) is 5.48 Å². The predicted molar refractivity (Wildman–Crippen MR) is 65.0 cm³/mol. The number of hydrogen-bond donors (Lipinski definition) is 1. The maximum atomic E-state index is 11.9. The van der Waals surface area contributed by atoms with Crippen molar-refractivity contribution in [2.45, 2.75) is 65.1 Å². The van der Waals surface area contributed by atoms with Gasteiger partial charge in [0.1, 0.15) is 0 Å². The van der Waals surface area contributed by atoms with Crippen LogP contribution in [0.25, 0.3) is 0 Å². The molecule has 1 N–H and O–H groups in total. The van der Waals surface area contributed by atoms with E-state index in [0.29, 0.717) is 11.3 Å². The van der Waals surface area contributed by atoms with Crippen molar-refractivity contribution in [2.24, 2.45) is 11.3 Å². The molecule has 0 aliphatic heterocycles. The fourth-order valence-electron chi connectivity index (χ4n) is 2.52. The maximum Gasteiger partial charge on any atom is 0.413 e. The van der Waals surface area contributed by atoms with Crippen molar-refractivity contribution in [3.05, 3.63) is 0 Å². The van der Waals surface area contributed by atoms with E-state index in [1.807, 2.05) is 0 Å². The topological polar surface area (TPSA) is 21.3 Å². The molecule has 0 unspecified atom stereocenters. The number of rotatable bonds is 5. The second-order valence-corrected chi connectivity index (χ2v) is 5.91. The second kappa shape index (κ2) is 6.24. The average molecular weight is 267 g/mol. The third-order valence-corrected chi connectivity index (χ3v) is 4.23. The van der Waals surface area contributed by atoms with Gasteiger partial charge in [0.05, 0.1) is 0 Å². The highest BCUT2D eigenvalue weighted by Crippen LogP contribution is 2.40. The van der Waals surface area contributed by atoms with Crippen LogP contribution in [0.2, 0.25) is 0 Å². The van der Waals surface area contributed by atoms with Crippen molar-refractivity contribution in [2.75, 3.05) is 6.61 Å². The monoisotopic (exact) mass is 267 g/mol. The Balaban J connectivity index is 2.24. The SMILES string of the molecule is CCC(C)(C)C1CCC(NOCC(F)(F)F)CC1. The van der Waals surface area contributed by atoms with Crippen LogP contribution >= 0.6 is 0 Å². The first-order valence-corrected chi connectivity index (χ1v) is 6.68. The van der Waals surface area contributed by atoms with Gasteiger partial charge < -0.3 is 0 Å². The van der Waals surface area contributed by atoms with Crippen LogP contribution < -0.4 is 5.48 Å². The summed E-state index contributed by atoms with van der Waals surface area (Å²) in [5, 5.41) is 0. The van der Waals surface area contributed by atoms with Gasteiger partial charge in [-0.15, -0.1) is 0 Å². The summed E-state index contributed by atoms with van der Waals surface area (Å²) in [6.07, 6.45) is 0.800. The second-order valence-electron chi connectivity index (χ2n) is 5.91. The van der Waals surface area contributed by atoms with Crippen molar-refractivity contribution >= 4 is 0 Å². The summed E-state index contributed by atoms with van der Waals surface area (Å²) in [5.41, 5.74) is 2.88. The van der Waals surface area contributed by atoms with E-state index in [0.717, 1.165) is 32.1 Å². The zero-order valence-electron chi connectivity index (χ0n) is 11.4. The molecule has 0 aromatic rings. The Bertz CT molecular complexity index is 245. The molecule has 0 amide bonds. The molecule has 0 aromatic heterocycles. The number of alkyl halides is 3. The molecule has 0 saturated heterocycles. The number of hydroxylamine groups is 1. The van der Waals surface area contributed by atoms with Gasteiger partial charge >= 0.3 is 6.18 Å². The normalized spacial score (nSPS) is 26.3. The van der Waals surface area contributed by atoms with Crippen LogP contribution in [-0.2, 0) is 4.84 Å². The molecule has 1 rings (SSSR count). The largest absolute Gasteiger partial charge is 0.413 e. The van der Waals surface area contributed by atoms with Crippen LogP contribution in [0, 0.1) is 11.3 Å². The molecule has 1 aliphatic rings. The van der Waals surface area contributed by atoms with Crippen LogP contribution in [0.5, 0.6) is 0 Å². The molecule has 0 bridgehead atoms. The highest BCUT2D eigenvalue weighted by Gasteiger charge is 2.32. The molecule has 108 valence electrons. The summed E-state index contributed by atoms with van der Waals surface area (Å²) >= 11 is 0. The van der Waals surface area contributed by atoms with Crippen molar-refractivity contribution in [3.8, 4) is 0 Å². The minimum atomic E-state index is -4.26. The first kappa shape index (κ1) is 15.8. The Morgan fingerprint density at radius 2 is 1.67 bits per heavy atom. The Labute approximate surface area is 107 Å². The average Bonchev–Trinajstić information content (AvgIpc) is 2.28. The minimum Gasteiger partial charge on any atom is -0.292 e. The van der Waals surface area contributed by atoms with Gasteiger partial charge in [-0.3, -0.25) is 4.84 Å². The molecule has 18 heavy (non-hydrogen) atoms. The first-order valence-electron chi connectivity index (χ1n) is 6.68. The Hall–Kier alpha value is -0.290. The van der Waals surface area contributed by atoms with E-state index in [4.69, 9.17) is 0 Å². The molecular weight excluding hydrogens is 243 g/mol. The number of nitrogens with one attached hydrogen (secondary N) is 1. The van der Waals surface area contributed by atoms with Crippen molar-refractivity contribution < 1.29 is 18.0 Å². The van der Waals surface area contributed by atoms with E-state index in [9.17, 15) is 13.2 Å². The molecule has 1 saturated carbocycles. The molecule has 0 aromatic carbocycles. The van der Waals surface area contributed by atoms with Gasteiger partial charge in [-0.05, 0) is 37.0 Å². The highest BCUT2D eigenvalue weighted by molar-refractivity contribution is 4.83. The summed E-state index contributed by atoms with van der Waals surface area (Å²) in [5.74, 6) is 0.670. The zero-order valence-corrected chi connectivity index (χ0v) is 11.4. The van der Waals surface area contributed by atoms with Gasteiger partial charge in [-0.25, -0.2) is 0 Å². The summed E-state index contributed by atoms with van der Waals surface area (Å²) in [6.45, 7) is 5.52. The minimum absolute atomic E-state index is 0.0660. The van der Waals surface area contributed by atoms with Gasteiger partial charge in [0.2, 0.25) is 0 Å². The standard InChI is InChI=1S/C13H24F3NO/c1-4-12(2,3)10-5-7-11(8-6-10)17-18-9-13(14,15)16/h10-11,17H,4-9H2,1-3H3. The third-order valence-electron chi connectivity index (χ3n) is 4.23. The van der Waals surface area contributed by atoms with Gasteiger partial charge in [0.15, 0.2) is 6.61 Å². The Morgan fingerprint density at radius 3 is 2.11 bits per heavy atom. The Kier molecular flexibility index (Phi) is 5.46. The molecule has 0 spiro atoms. The van der Waals surface area contributed by atoms with Crippen LogP contribution in [0.3, 0.4) is 0 Å². The van der Waals surface area contributed by atoms with E-state index >= 15 is 0 Å². The van der Waals surface area contributed by atoms with Crippen molar-refractivity contribution in [3.63, 3.8) is 0 Å². The molecule has 1 aliphatic carbocycles. The molecule has 1 fully saturated rings. The smallest absolute Gasteiger partial charge is 0.292 e. The van der Waals surface area contributed by atoms with Crippen LogP contribution in [-0.4, -0.2) is 18.8 Å². The van der Waals surface area contributed by atoms with E-state index in [2.05, 4.69) is 31.1 Å². The van der Waals surface area contributed by atoms with Gasteiger partial charge in [0.25, 0.3) is 0 Å². The summed E-state index contributed by atoms with van der Waals surface area (Å²) in [6, 6.07) is 0.0660. The fourth-order valence-corrected chi connectivity index (χ4v) is 2.52. The van der Waals surface area contributed by atoms with E-state index in [1.54, 1.807) is 0 Å². The number of halogens is 3. The van der Waals surface area contributed by atoms with E-state index in [1.165, 1.54) is 0 Å². The van der Waals surface area contributed by atoms with Crippen LogP contribution in [0.4, 0.5) is 13.2 Å². The molecule has 0 atom stereocenters.